The maximum absolute atomic E-state index is 11.8. The largest absolute Gasteiger partial charge is 0.471 e. The Labute approximate surface area is 101 Å². The van der Waals surface area contributed by atoms with Crippen molar-refractivity contribution in [2.24, 2.45) is 0 Å². The van der Waals surface area contributed by atoms with Gasteiger partial charge in [0.05, 0.1) is 0 Å². The molecule has 0 spiro atoms. The highest BCUT2D eigenvalue weighted by molar-refractivity contribution is 6.04. The molecular weight excluding hydrogens is 247 g/mol. The Balaban J connectivity index is 2.43. The van der Waals surface area contributed by atoms with E-state index in [1.807, 2.05) is 0 Å². The normalized spacial score (nSPS) is 11.5. The van der Waals surface area contributed by atoms with E-state index in [0.717, 1.165) is 6.08 Å². The molecule has 1 aromatic rings. The van der Waals surface area contributed by atoms with E-state index in [-0.39, 0.29) is 12.3 Å². The molecule has 0 bridgehead atoms. The van der Waals surface area contributed by atoms with E-state index in [0.29, 0.717) is 5.56 Å². The number of ketones is 1. The molecule has 0 aliphatic rings. The molecule has 1 rings (SSSR count). The summed E-state index contributed by atoms with van der Waals surface area (Å²) in [7, 11) is 0. The van der Waals surface area contributed by atoms with Gasteiger partial charge >= 0.3 is 12.1 Å². The van der Waals surface area contributed by atoms with Crippen molar-refractivity contribution >= 4 is 11.7 Å². The first-order valence-electron chi connectivity index (χ1n) is 5.02. The Morgan fingerprint density at radius 2 is 1.78 bits per heavy atom. The van der Waals surface area contributed by atoms with Crippen LogP contribution in [-0.4, -0.2) is 24.4 Å². The molecule has 6 heteroatoms. The van der Waals surface area contributed by atoms with Crippen molar-refractivity contribution in [3.8, 4) is 0 Å². The van der Waals surface area contributed by atoms with Gasteiger partial charge < -0.3 is 5.32 Å². The standard InChI is InChI=1S/C12H10F3NO2/c13-12(14,15)11(18)16-8-4-7-10(17)9-5-2-1-3-6-9/h1-7H,8H2,(H,16,18)/b7-4+. The third kappa shape index (κ3) is 4.40. The minimum Gasteiger partial charge on any atom is -0.345 e. The molecule has 0 atom stereocenters. The SMILES string of the molecule is O=C(/C=C/CNC(=O)C(F)(F)F)c1ccccc1. The highest BCUT2D eigenvalue weighted by atomic mass is 19.4. The van der Waals surface area contributed by atoms with E-state index in [2.05, 4.69) is 0 Å². The third-order valence-corrected chi connectivity index (χ3v) is 1.97. The van der Waals surface area contributed by atoms with Gasteiger partial charge in [0.1, 0.15) is 0 Å². The molecule has 1 amide bonds. The summed E-state index contributed by atoms with van der Waals surface area (Å²) in [6.07, 6.45) is -2.62. The van der Waals surface area contributed by atoms with E-state index in [4.69, 9.17) is 0 Å². The van der Waals surface area contributed by atoms with Crippen LogP contribution in [0.5, 0.6) is 0 Å². The number of amides is 1. The Bertz CT molecular complexity index is 452. The lowest BCUT2D eigenvalue weighted by Gasteiger charge is -2.04. The number of rotatable bonds is 4. The average Bonchev–Trinajstić information content (AvgIpc) is 2.34. The summed E-state index contributed by atoms with van der Waals surface area (Å²) in [5, 5.41) is 1.63. The van der Waals surface area contributed by atoms with Gasteiger partial charge in [0, 0.05) is 12.1 Å². The van der Waals surface area contributed by atoms with Gasteiger partial charge in [-0.25, -0.2) is 0 Å². The Morgan fingerprint density at radius 1 is 1.17 bits per heavy atom. The summed E-state index contributed by atoms with van der Waals surface area (Å²) in [6.45, 7) is -0.350. The fourth-order valence-electron chi connectivity index (χ4n) is 1.12. The smallest absolute Gasteiger partial charge is 0.345 e. The number of nitrogens with one attached hydrogen (secondary N) is 1. The van der Waals surface area contributed by atoms with Gasteiger partial charge in [-0.2, -0.15) is 13.2 Å². The Hall–Kier alpha value is -2.11. The summed E-state index contributed by atoms with van der Waals surface area (Å²) < 4.78 is 35.4. The van der Waals surface area contributed by atoms with E-state index >= 15 is 0 Å². The van der Waals surface area contributed by atoms with Crippen LogP contribution in [0.1, 0.15) is 10.4 Å². The fourth-order valence-corrected chi connectivity index (χ4v) is 1.12. The number of hydrogen-bond donors (Lipinski definition) is 1. The summed E-state index contributed by atoms with van der Waals surface area (Å²) in [6, 6.07) is 8.25. The van der Waals surface area contributed by atoms with Gasteiger partial charge in [0.25, 0.3) is 0 Å². The zero-order valence-corrected chi connectivity index (χ0v) is 9.20. The van der Waals surface area contributed by atoms with Gasteiger partial charge in [-0.15, -0.1) is 0 Å². The van der Waals surface area contributed by atoms with E-state index in [9.17, 15) is 22.8 Å². The molecule has 18 heavy (non-hydrogen) atoms. The average molecular weight is 257 g/mol. The summed E-state index contributed by atoms with van der Waals surface area (Å²) >= 11 is 0. The van der Waals surface area contributed by atoms with Crippen molar-refractivity contribution < 1.29 is 22.8 Å². The van der Waals surface area contributed by atoms with Crippen LogP contribution in [0, 0.1) is 0 Å². The minimum absolute atomic E-state index is 0.336. The number of benzene rings is 1. The molecule has 0 fully saturated rings. The molecule has 0 radical (unpaired) electrons. The maximum atomic E-state index is 11.8. The van der Waals surface area contributed by atoms with Crippen molar-refractivity contribution in [2.75, 3.05) is 6.54 Å². The lowest BCUT2D eigenvalue weighted by molar-refractivity contribution is -0.173. The van der Waals surface area contributed by atoms with Gasteiger partial charge in [-0.05, 0) is 6.08 Å². The first-order chi connectivity index (χ1) is 8.41. The second-order valence-corrected chi connectivity index (χ2v) is 3.34. The predicted molar refractivity (Wildman–Crippen MR) is 59.0 cm³/mol. The van der Waals surface area contributed by atoms with Crippen LogP contribution >= 0.6 is 0 Å². The number of halogens is 3. The molecule has 0 heterocycles. The highest BCUT2D eigenvalue weighted by Gasteiger charge is 2.37. The van der Waals surface area contributed by atoms with Gasteiger partial charge in [0.15, 0.2) is 5.78 Å². The second-order valence-electron chi connectivity index (χ2n) is 3.34. The van der Waals surface area contributed by atoms with Crippen LogP contribution in [0.15, 0.2) is 42.5 Å². The number of hydrogen-bond acceptors (Lipinski definition) is 2. The molecule has 96 valence electrons. The van der Waals surface area contributed by atoms with Crippen molar-refractivity contribution in [3.63, 3.8) is 0 Å². The molecule has 0 aliphatic carbocycles. The number of carbonyl (C=O) groups is 2. The topological polar surface area (TPSA) is 46.2 Å². The zero-order valence-electron chi connectivity index (χ0n) is 9.20. The van der Waals surface area contributed by atoms with Crippen LogP contribution in [0.25, 0.3) is 0 Å². The molecule has 0 saturated heterocycles. The summed E-state index contributed by atoms with van der Waals surface area (Å²) in [5.41, 5.74) is 0.427. The van der Waals surface area contributed by atoms with E-state index < -0.39 is 12.1 Å². The first-order valence-corrected chi connectivity index (χ1v) is 5.02. The van der Waals surface area contributed by atoms with E-state index in [1.54, 1.807) is 35.6 Å². The predicted octanol–water partition coefficient (Wildman–Crippen LogP) is 2.10. The Morgan fingerprint density at radius 3 is 2.33 bits per heavy atom. The molecule has 0 aliphatic heterocycles. The number of allylic oxidation sites excluding steroid dienone is 1. The first kappa shape index (κ1) is 14.0. The van der Waals surface area contributed by atoms with Gasteiger partial charge in [-0.3, -0.25) is 9.59 Å². The number of carbonyl (C=O) groups excluding carboxylic acids is 2. The van der Waals surface area contributed by atoms with Crippen LogP contribution in [-0.2, 0) is 4.79 Å². The van der Waals surface area contributed by atoms with Crippen LogP contribution < -0.4 is 5.32 Å². The van der Waals surface area contributed by atoms with E-state index in [1.165, 1.54) is 6.08 Å². The lowest BCUT2D eigenvalue weighted by Crippen LogP contribution is -2.36. The minimum atomic E-state index is -4.91. The fraction of sp³-hybridized carbons (Fsp3) is 0.167. The second kappa shape index (κ2) is 6.00. The van der Waals surface area contributed by atoms with Crippen molar-refractivity contribution in [3.05, 3.63) is 48.0 Å². The summed E-state index contributed by atoms with van der Waals surface area (Å²) in [4.78, 5) is 21.9. The van der Waals surface area contributed by atoms with Crippen LogP contribution in [0.3, 0.4) is 0 Å². The van der Waals surface area contributed by atoms with Crippen LogP contribution in [0.2, 0.25) is 0 Å². The summed E-state index contributed by atoms with van der Waals surface area (Å²) in [5.74, 6) is -2.36. The molecule has 0 aromatic heterocycles. The lowest BCUT2D eigenvalue weighted by atomic mass is 10.1. The van der Waals surface area contributed by atoms with Crippen molar-refractivity contribution in [2.45, 2.75) is 6.18 Å². The monoisotopic (exact) mass is 257 g/mol. The molecule has 1 aromatic carbocycles. The molecule has 0 saturated carbocycles. The third-order valence-electron chi connectivity index (χ3n) is 1.97. The molecule has 0 unspecified atom stereocenters. The maximum Gasteiger partial charge on any atom is 0.471 e. The zero-order chi connectivity index (χ0) is 13.6. The Kier molecular flexibility index (Phi) is 4.65. The molecule has 1 N–H and O–H groups in total. The quantitative estimate of drug-likeness (QED) is 0.663. The van der Waals surface area contributed by atoms with Crippen molar-refractivity contribution in [1.29, 1.82) is 0 Å². The molecular formula is C12H10F3NO2. The molecule has 3 nitrogen and oxygen atoms in total. The highest BCUT2D eigenvalue weighted by Crippen LogP contribution is 2.13. The number of alkyl halides is 3. The van der Waals surface area contributed by atoms with Crippen molar-refractivity contribution in [1.82, 2.24) is 5.32 Å². The van der Waals surface area contributed by atoms with Crippen LogP contribution in [0.4, 0.5) is 13.2 Å². The van der Waals surface area contributed by atoms with Gasteiger partial charge in [0.2, 0.25) is 0 Å². The van der Waals surface area contributed by atoms with Gasteiger partial charge in [-0.1, -0.05) is 36.4 Å².